The van der Waals surface area contributed by atoms with E-state index in [2.05, 4.69) is 15.6 Å². The largest absolute Gasteiger partial charge is 0.479 e. The Morgan fingerprint density at radius 1 is 1.48 bits per heavy atom. The third-order valence-electron chi connectivity index (χ3n) is 3.53. The smallest absolute Gasteiger partial charge is 0.408 e. The van der Waals surface area contributed by atoms with Crippen molar-refractivity contribution >= 4 is 12.1 Å². The van der Waals surface area contributed by atoms with Gasteiger partial charge in [-0.25, -0.2) is 9.59 Å². The van der Waals surface area contributed by atoms with E-state index in [0.29, 0.717) is 19.5 Å². The van der Waals surface area contributed by atoms with Crippen LogP contribution in [0.25, 0.3) is 0 Å². The van der Waals surface area contributed by atoms with E-state index in [1.807, 2.05) is 4.90 Å². The van der Waals surface area contributed by atoms with E-state index < -0.39 is 23.2 Å². The molecule has 9 nitrogen and oxygen atoms in total. The number of carboxylic acid groups (broad SMARTS) is 1. The van der Waals surface area contributed by atoms with Gasteiger partial charge in [-0.05, 0) is 27.2 Å². The van der Waals surface area contributed by atoms with Crippen LogP contribution < -0.4 is 5.32 Å². The second kappa shape index (κ2) is 6.15. The summed E-state index contributed by atoms with van der Waals surface area (Å²) in [5.74, 6) is -1.06. The fraction of sp³-hybridized carbons (Fsp3) is 0.714. The van der Waals surface area contributed by atoms with E-state index in [1.165, 1.54) is 0 Å². The highest BCUT2D eigenvalue weighted by atomic mass is 16.6. The van der Waals surface area contributed by atoms with Crippen LogP contribution in [0.3, 0.4) is 0 Å². The van der Waals surface area contributed by atoms with Gasteiger partial charge in [-0.2, -0.15) is 0 Å². The predicted molar refractivity (Wildman–Crippen MR) is 80.6 cm³/mol. The number of carbonyl (C=O) groups is 2. The molecule has 0 saturated carbocycles. The fourth-order valence-electron chi connectivity index (χ4n) is 2.55. The van der Waals surface area contributed by atoms with Crippen molar-refractivity contribution in [3.8, 4) is 0 Å². The zero-order chi connectivity index (χ0) is 17.3. The molecule has 1 unspecified atom stereocenters. The molecule has 1 aliphatic rings. The van der Waals surface area contributed by atoms with Crippen molar-refractivity contribution < 1.29 is 19.4 Å². The number of alkyl carbamates (subject to hydrolysis) is 1. The second-order valence-corrected chi connectivity index (χ2v) is 6.86. The molecule has 0 spiro atoms. The highest BCUT2D eigenvalue weighted by molar-refractivity contribution is 5.85. The average molecular weight is 325 g/mol. The lowest BCUT2D eigenvalue weighted by atomic mass is 9.99. The number of hydrogen-bond acceptors (Lipinski definition) is 6. The topological polar surface area (TPSA) is 110 Å². The van der Waals surface area contributed by atoms with Gasteiger partial charge < -0.3 is 15.2 Å². The SMILES string of the molecule is Cn1cc(CN2CCC(NC(=O)OC(C)(C)C)(C(=O)O)C2)nn1. The van der Waals surface area contributed by atoms with Crippen LogP contribution in [0.4, 0.5) is 4.79 Å². The zero-order valence-electron chi connectivity index (χ0n) is 13.9. The maximum absolute atomic E-state index is 12.0. The number of aryl methyl sites for hydroxylation is 1. The van der Waals surface area contributed by atoms with Crippen LogP contribution >= 0.6 is 0 Å². The number of likely N-dealkylation sites (tertiary alicyclic amines) is 1. The second-order valence-electron chi connectivity index (χ2n) is 6.86. The van der Waals surface area contributed by atoms with E-state index in [1.54, 1.807) is 38.7 Å². The summed E-state index contributed by atoms with van der Waals surface area (Å²) in [5, 5.41) is 19.9. The van der Waals surface area contributed by atoms with Crippen LogP contribution in [0.2, 0.25) is 0 Å². The first-order valence-electron chi connectivity index (χ1n) is 7.42. The number of hydrogen-bond donors (Lipinski definition) is 2. The number of rotatable bonds is 4. The molecule has 23 heavy (non-hydrogen) atoms. The quantitative estimate of drug-likeness (QED) is 0.823. The van der Waals surface area contributed by atoms with Crippen LogP contribution in [0, 0.1) is 0 Å². The number of aromatic nitrogens is 3. The molecule has 1 amide bonds. The van der Waals surface area contributed by atoms with Gasteiger partial charge in [0.15, 0.2) is 5.54 Å². The van der Waals surface area contributed by atoms with Crippen LogP contribution in [-0.4, -0.2) is 61.3 Å². The van der Waals surface area contributed by atoms with Crippen molar-refractivity contribution in [3.05, 3.63) is 11.9 Å². The number of aliphatic carboxylic acids is 1. The van der Waals surface area contributed by atoms with Crippen LogP contribution in [-0.2, 0) is 23.1 Å². The number of ether oxygens (including phenoxy) is 1. The highest BCUT2D eigenvalue weighted by Gasteiger charge is 2.47. The Kier molecular flexibility index (Phi) is 4.60. The summed E-state index contributed by atoms with van der Waals surface area (Å²) >= 11 is 0. The van der Waals surface area contributed by atoms with Gasteiger partial charge in [0.25, 0.3) is 0 Å². The van der Waals surface area contributed by atoms with Crippen molar-refractivity contribution in [2.75, 3.05) is 13.1 Å². The summed E-state index contributed by atoms with van der Waals surface area (Å²) in [6.07, 6.45) is 1.37. The summed E-state index contributed by atoms with van der Waals surface area (Å²) in [4.78, 5) is 25.6. The molecule has 0 bridgehead atoms. The molecular weight excluding hydrogens is 302 g/mol. The van der Waals surface area contributed by atoms with Gasteiger partial charge in [0, 0.05) is 32.9 Å². The van der Waals surface area contributed by atoms with E-state index >= 15 is 0 Å². The highest BCUT2D eigenvalue weighted by Crippen LogP contribution is 2.24. The Balaban J connectivity index is 2.02. The van der Waals surface area contributed by atoms with Gasteiger partial charge in [0.1, 0.15) is 5.60 Å². The van der Waals surface area contributed by atoms with E-state index in [0.717, 1.165) is 5.69 Å². The summed E-state index contributed by atoms with van der Waals surface area (Å²) in [5.41, 5.74) is -1.27. The molecule has 1 fully saturated rings. The van der Waals surface area contributed by atoms with Crippen molar-refractivity contribution in [1.82, 2.24) is 25.2 Å². The van der Waals surface area contributed by atoms with Crippen molar-refractivity contribution in [3.63, 3.8) is 0 Å². The maximum Gasteiger partial charge on any atom is 0.408 e. The lowest BCUT2D eigenvalue weighted by molar-refractivity contribution is -0.144. The summed E-state index contributed by atoms with van der Waals surface area (Å²) in [6.45, 7) is 6.41. The predicted octanol–water partition coefficient (Wildman–Crippen LogP) is 0.369. The Morgan fingerprint density at radius 3 is 2.70 bits per heavy atom. The first-order valence-corrected chi connectivity index (χ1v) is 7.42. The van der Waals surface area contributed by atoms with Gasteiger partial charge in [-0.3, -0.25) is 9.58 Å². The monoisotopic (exact) mass is 325 g/mol. The fourth-order valence-corrected chi connectivity index (χ4v) is 2.55. The standard InChI is InChI=1S/C14H23N5O4/c1-13(2,3)23-12(22)15-14(11(20)21)5-6-19(9-14)8-10-7-18(4)17-16-10/h7H,5-6,8-9H2,1-4H3,(H,15,22)(H,20,21). The molecule has 0 aliphatic carbocycles. The number of amides is 1. The number of carboxylic acids is 1. The molecule has 0 radical (unpaired) electrons. The van der Waals surface area contributed by atoms with Crippen LogP contribution in [0.1, 0.15) is 32.9 Å². The zero-order valence-corrected chi connectivity index (χ0v) is 13.9. The molecule has 2 rings (SSSR count). The third kappa shape index (κ3) is 4.41. The third-order valence-corrected chi connectivity index (χ3v) is 3.53. The van der Waals surface area contributed by atoms with Crippen molar-refractivity contribution in [2.45, 2.75) is 44.9 Å². The van der Waals surface area contributed by atoms with E-state index in [4.69, 9.17) is 4.74 Å². The molecule has 1 aromatic heterocycles. The van der Waals surface area contributed by atoms with Crippen molar-refractivity contribution in [1.29, 1.82) is 0 Å². The molecule has 2 N–H and O–H groups in total. The lowest BCUT2D eigenvalue weighted by Crippen LogP contribution is -2.57. The Labute approximate surface area is 134 Å². The number of nitrogens with zero attached hydrogens (tertiary/aromatic N) is 4. The van der Waals surface area contributed by atoms with Crippen LogP contribution in [0.15, 0.2) is 6.20 Å². The van der Waals surface area contributed by atoms with Gasteiger partial charge in [-0.1, -0.05) is 5.21 Å². The summed E-state index contributed by atoms with van der Waals surface area (Å²) < 4.78 is 6.77. The van der Waals surface area contributed by atoms with Gasteiger partial charge >= 0.3 is 12.1 Å². The minimum absolute atomic E-state index is 0.193. The van der Waals surface area contributed by atoms with Crippen molar-refractivity contribution in [2.24, 2.45) is 7.05 Å². The molecule has 1 aromatic rings. The molecule has 0 aromatic carbocycles. The summed E-state index contributed by atoms with van der Waals surface area (Å²) in [7, 11) is 1.77. The Hall–Kier alpha value is -2.16. The summed E-state index contributed by atoms with van der Waals surface area (Å²) in [6, 6.07) is 0. The number of nitrogens with one attached hydrogen (secondary N) is 1. The molecule has 1 aliphatic heterocycles. The van der Waals surface area contributed by atoms with Gasteiger partial charge in [0.2, 0.25) is 0 Å². The molecule has 2 heterocycles. The van der Waals surface area contributed by atoms with Gasteiger partial charge in [-0.15, -0.1) is 5.10 Å². The number of carbonyl (C=O) groups excluding carboxylic acids is 1. The molecule has 128 valence electrons. The maximum atomic E-state index is 12.0. The van der Waals surface area contributed by atoms with Gasteiger partial charge in [0.05, 0.1) is 5.69 Å². The minimum Gasteiger partial charge on any atom is -0.479 e. The Bertz CT molecular complexity index is 594. The minimum atomic E-state index is -1.34. The normalized spacial score (nSPS) is 22.1. The van der Waals surface area contributed by atoms with E-state index in [-0.39, 0.29) is 6.54 Å². The van der Waals surface area contributed by atoms with E-state index in [9.17, 15) is 14.7 Å². The average Bonchev–Trinajstić information content (AvgIpc) is 2.95. The molecule has 1 atom stereocenters. The molecule has 1 saturated heterocycles. The first kappa shape index (κ1) is 17.2. The first-order chi connectivity index (χ1) is 10.6. The van der Waals surface area contributed by atoms with Crippen LogP contribution in [0.5, 0.6) is 0 Å². The lowest BCUT2D eigenvalue weighted by Gasteiger charge is -2.28. The molecular formula is C14H23N5O4. The Morgan fingerprint density at radius 2 is 2.17 bits per heavy atom. The molecule has 9 heteroatoms.